The Labute approximate surface area is 111 Å². The minimum atomic E-state index is -0.0833. The van der Waals surface area contributed by atoms with Gasteiger partial charge >= 0.3 is 0 Å². The highest BCUT2D eigenvalue weighted by molar-refractivity contribution is 5.74. The lowest BCUT2D eigenvalue weighted by Crippen LogP contribution is -2.21. The molecular weight excluding hydrogens is 238 g/mol. The minimum Gasteiger partial charge on any atom is -0.329 e. The third-order valence-electron chi connectivity index (χ3n) is 3.35. The zero-order valence-corrected chi connectivity index (χ0v) is 10.9. The van der Waals surface area contributed by atoms with Gasteiger partial charge in [0.25, 0.3) is 0 Å². The molecule has 0 saturated carbocycles. The first-order valence-electron chi connectivity index (χ1n) is 6.46. The number of nitrogens with zero attached hydrogens (tertiary/aromatic N) is 4. The summed E-state index contributed by atoms with van der Waals surface area (Å²) in [5.74, 6) is 0. The lowest BCUT2D eigenvalue weighted by molar-refractivity contribution is 0.519. The van der Waals surface area contributed by atoms with Crippen LogP contribution in [0.5, 0.6) is 0 Å². The maximum absolute atomic E-state index is 6.29. The van der Waals surface area contributed by atoms with Crippen LogP contribution in [0.4, 0.5) is 0 Å². The summed E-state index contributed by atoms with van der Waals surface area (Å²) in [7, 11) is 0. The topological polar surface area (TPSA) is 61.7 Å². The van der Waals surface area contributed by atoms with Crippen molar-refractivity contribution in [2.24, 2.45) is 5.73 Å². The highest BCUT2D eigenvalue weighted by Gasteiger charge is 2.13. The van der Waals surface area contributed by atoms with E-state index in [1.807, 2.05) is 35.3 Å². The number of rotatable bonds is 4. The molecule has 1 unspecified atom stereocenters. The summed E-state index contributed by atoms with van der Waals surface area (Å²) in [4.78, 5) is 4.38. The van der Waals surface area contributed by atoms with E-state index in [0.717, 1.165) is 23.3 Å². The first kappa shape index (κ1) is 11.9. The summed E-state index contributed by atoms with van der Waals surface area (Å²) in [6.07, 6.45) is 3.64. The number of imidazole rings is 1. The quantitative estimate of drug-likeness (QED) is 0.775. The van der Waals surface area contributed by atoms with Crippen LogP contribution in [0.3, 0.4) is 0 Å². The molecule has 3 aromatic rings. The molecule has 0 saturated heterocycles. The number of hydrogen-bond donors (Lipinski definition) is 1. The van der Waals surface area contributed by atoms with Gasteiger partial charge in [-0.3, -0.25) is 4.68 Å². The van der Waals surface area contributed by atoms with Crippen LogP contribution in [0.2, 0.25) is 0 Å². The molecule has 0 amide bonds. The first-order chi connectivity index (χ1) is 9.29. The molecule has 1 atom stereocenters. The summed E-state index contributed by atoms with van der Waals surface area (Å²) in [5.41, 5.74) is 9.45. The maximum Gasteiger partial charge on any atom is 0.0958 e. The van der Waals surface area contributed by atoms with Gasteiger partial charge in [-0.15, -0.1) is 0 Å². The monoisotopic (exact) mass is 255 g/mol. The van der Waals surface area contributed by atoms with Gasteiger partial charge in [0.2, 0.25) is 0 Å². The van der Waals surface area contributed by atoms with Gasteiger partial charge in [-0.2, -0.15) is 5.10 Å². The molecule has 5 heteroatoms. The van der Waals surface area contributed by atoms with Gasteiger partial charge in [-0.1, -0.05) is 12.1 Å². The normalized spacial score (nSPS) is 12.9. The predicted octanol–water partition coefficient (Wildman–Crippen LogP) is 1.95. The Morgan fingerprint density at radius 1 is 1.26 bits per heavy atom. The van der Waals surface area contributed by atoms with Crippen molar-refractivity contribution in [2.75, 3.05) is 0 Å². The van der Waals surface area contributed by atoms with Crippen molar-refractivity contribution in [2.45, 2.75) is 26.1 Å². The van der Waals surface area contributed by atoms with E-state index in [-0.39, 0.29) is 6.04 Å². The Morgan fingerprint density at radius 3 is 2.95 bits per heavy atom. The van der Waals surface area contributed by atoms with Gasteiger partial charge in [0.15, 0.2) is 0 Å². The van der Waals surface area contributed by atoms with Crippen molar-refractivity contribution < 1.29 is 0 Å². The van der Waals surface area contributed by atoms with E-state index >= 15 is 0 Å². The van der Waals surface area contributed by atoms with Gasteiger partial charge in [0, 0.05) is 19.3 Å². The number of aromatic nitrogens is 4. The smallest absolute Gasteiger partial charge is 0.0958 e. The van der Waals surface area contributed by atoms with Crippen LogP contribution in [0.15, 0.2) is 42.9 Å². The van der Waals surface area contributed by atoms with E-state index in [4.69, 9.17) is 5.73 Å². The standard InChI is InChI=1S/C14H17N5/c1-2-19-13(7-8-17-19)11(15)9-18-10-16-12-5-3-4-6-14(12)18/h3-8,10-11H,2,9,15H2,1H3. The van der Waals surface area contributed by atoms with Crippen molar-refractivity contribution in [1.29, 1.82) is 0 Å². The van der Waals surface area contributed by atoms with Gasteiger partial charge in [-0.25, -0.2) is 4.98 Å². The Balaban J connectivity index is 1.89. The number of nitrogens with two attached hydrogens (primary N) is 1. The lowest BCUT2D eigenvalue weighted by Gasteiger charge is -2.14. The minimum absolute atomic E-state index is 0.0833. The molecule has 0 bridgehead atoms. The van der Waals surface area contributed by atoms with E-state index in [9.17, 15) is 0 Å². The maximum atomic E-state index is 6.29. The summed E-state index contributed by atoms with van der Waals surface area (Å²) < 4.78 is 4.02. The SMILES string of the molecule is CCn1nccc1C(N)Cn1cnc2ccccc21. The number of para-hydroxylation sites is 2. The van der Waals surface area contributed by atoms with Crippen molar-refractivity contribution in [1.82, 2.24) is 19.3 Å². The summed E-state index contributed by atoms with van der Waals surface area (Å²) in [5, 5.41) is 4.26. The van der Waals surface area contributed by atoms with E-state index in [1.165, 1.54) is 0 Å². The summed E-state index contributed by atoms with van der Waals surface area (Å²) in [6, 6.07) is 9.97. The van der Waals surface area contributed by atoms with Crippen LogP contribution in [-0.2, 0) is 13.1 Å². The second kappa shape index (κ2) is 4.85. The number of hydrogen-bond acceptors (Lipinski definition) is 3. The molecule has 2 heterocycles. The average Bonchev–Trinajstić information content (AvgIpc) is 3.05. The molecule has 0 aliphatic heterocycles. The van der Waals surface area contributed by atoms with Crippen LogP contribution in [-0.4, -0.2) is 19.3 Å². The molecule has 2 N–H and O–H groups in total. The number of aryl methyl sites for hydroxylation is 1. The van der Waals surface area contributed by atoms with E-state index in [2.05, 4.69) is 27.6 Å². The van der Waals surface area contributed by atoms with E-state index in [0.29, 0.717) is 6.54 Å². The summed E-state index contributed by atoms with van der Waals surface area (Å²) >= 11 is 0. The van der Waals surface area contributed by atoms with Crippen molar-refractivity contribution in [3.05, 3.63) is 48.5 Å². The zero-order valence-electron chi connectivity index (χ0n) is 10.9. The average molecular weight is 255 g/mol. The predicted molar refractivity (Wildman–Crippen MR) is 74.6 cm³/mol. The van der Waals surface area contributed by atoms with Gasteiger partial charge < -0.3 is 10.3 Å². The van der Waals surface area contributed by atoms with Crippen molar-refractivity contribution in [3.63, 3.8) is 0 Å². The van der Waals surface area contributed by atoms with Crippen LogP contribution in [0.1, 0.15) is 18.7 Å². The fourth-order valence-electron chi connectivity index (χ4n) is 2.38. The molecule has 2 aromatic heterocycles. The molecule has 5 nitrogen and oxygen atoms in total. The third kappa shape index (κ3) is 2.13. The Kier molecular flexibility index (Phi) is 3.05. The van der Waals surface area contributed by atoms with Gasteiger partial charge in [-0.05, 0) is 25.1 Å². The molecule has 0 aliphatic carbocycles. The second-order valence-corrected chi connectivity index (χ2v) is 4.56. The molecule has 0 fully saturated rings. The molecular formula is C14H17N5. The Hall–Kier alpha value is -2.14. The van der Waals surface area contributed by atoms with Crippen molar-refractivity contribution in [3.8, 4) is 0 Å². The van der Waals surface area contributed by atoms with Crippen LogP contribution in [0.25, 0.3) is 11.0 Å². The third-order valence-corrected chi connectivity index (χ3v) is 3.35. The molecule has 0 aliphatic rings. The van der Waals surface area contributed by atoms with E-state index < -0.39 is 0 Å². The van der Waals surface area contributed by atoms with Crippen LogP contribution in [0, 0.1) is 0 Å². The van der Waals surface area contributed by atoms with Crippen LogP contribution >= 0.6 is 0 Å². The molecule has 1 aromatic carbocycles. The molecule has 0 radical (unpaired) electrons. The second-order valence-electron chi connectivity index (χ2n) is 4.56. The lowest BCUT2D eigenvalue weighted by atomic mass is 10.2. The molecule has 98 valence electrons. The molecule has 19 heavy (non-hydrogen) atoms. The highest BCUT2D eigenvalue weighted by atomic mass is 15.3. The Bertz CT molecular complexity index is 682. The summed E-state index contributed by atoms with van der Waals surface area (Å²) in [6.45, 7) is 3.60. The fraction of sp³-hybridized carbons (Fsp3) is 0.286. The van der Waals surface area contributed by atoms with Gasteiger partial charge in [0.05, 0.1) is 29.1 Å². The first-order valence-corrected chi connectivity index (χ1v) is 6.46. The zero-order chi connectivity index (χ0) is 13.2. The highest BCUT2D eigenvalue weighted by Crippen LogP contribution is 2.17. The largest absolute Gasteiger partial charge is 0.329 e. The number of fused-ring (bicyclic) bond motifs is 1. The Morgan fingerprint density at radius 2 is 2.11 bits per heavy atom. The fourth-order valence-corrected chi connectivity index (χ4v) is 2.38. The molecule has 0 spiro atoms. The van der Waals surface area contributed by atoms with Crippen LogP contribution < -0.4 is 5.73 Å². The van der Waals surface area contributed by atoms with Crippen molar-refractivity contribution >= 4 is 11.0 Å². The molecule has 3 rings (SSSR count). The number of benzene rings is 1. The van der Waals surface area contributed by atoms with Gasteiger partial charge in [0.1, 0.15) is 0 Å². The van der Waals surface area contributed by atoms with E-state index in [1.54, 1.807) is 6.20 Å².